The predicted molar refractivity (Wildman–Crippen MR) is 88.7 cm³/mol. The molecule has 0 bridgehead atoms. The molecule has 1 fully saturated rings. The molecule has 1 saturated heterocycles. The number of rotatable bonds is 5. The summed E-state index contributed by atoms with van der Waals surface area (Å²) in [5.41, 5.74) is 5.89. The van der Waals surface area contributed by atoms with Gasteiger partial charge in [-0.05, 0) is 24.3 Å². The van der Waals surface area contributed by atoms with E-state index in [1.165, 1.54) is 19.5 Å². The third kappa shape index (κ3) is 3.48. The molecule has 1 aromatic carbocycles. The highest BCUT2D eigenvalue weighted by Gasteiger charge is 2.39. The number of methoxy groups -OCH3 is 1. The molecule has 0 aliphatic carbocycles. The van der Waals surface area contributed by atoms with Gasteiger partial charge in [-0.3, -0.25) is 24.8 Å². The van der Waals surface area contributed by atoms with E-state index in [4.69, 9.17) is 4.74 Å². The maximum Gasteiger partial charge on any atom is 0.265 e. The number of ether oxygens (including phenoxy) is 1. The molecule has 8 heteroatoms. The predicted octanol–water partition coefficient (Wildman–Crippen LogP) is 0.657. The number of carbonyl (C=O) groups is 3. The van der Waals surface area contributed by atoms with Crippen molar-refractivity contribution < 1.29 is 19.1 Å². The van der Waals surface area contributed by atoms with Gasteiger partial charge in [-0.15, -0.1) is 0 Å². The lowest BCUT2D eigenvalue weighted by Gasteiger charge is -2.16. The molecule has 1 unspecified atom stereocenters. The number of benzene rings is 1. The Morgan fingerprint density at radius 3 is 2.72 bits per heavy atom. The summed E-state index contributed by atoms with van der Waals surface area (Å²) < 4.78 is 5.11. The van der Waals surface area contributed by atoms with E-state index in [1.807, 2.05) is 0 Å². The Balaban J connectivity index is 1.68. The number of nitrogens with one attached hydrogen (secondary N) is 2. The number of hydrogen-bond acceptors (Lipinski definition) is 6. The highest BCUT2D eigenvalue weighted by molar-refractivity contribution is 6.22. The minimum Gasteiger partial charge on any atom is -0.497 e. The largest absolute Gasteiger partial charge is 0.497 e. The van der Waals surface area contributed by atoms with Gasteiger partial charge >= 0.3 is 0 Å². The van der Waals surface area contributed by atoms with Gasteiger partial charge in [0, 0.05) is 24.0 Å². The Labute approximate surface area is 143 Å². The average Bonchev–Trinajstić information content (AvgIpc) is 2.94. The fourth-order valence-electron chi connectivity index (χ4n) is 2.49. The van der Waals surface area contributed by atoms with E-state index in [0.29, 0.717) is 17.0 Å². The molecule has 3 rings (SSSR count). The molecule has 0 saturated carbocycles. The van der Waals surface area contributed by atoms with Gasteiger partial charge in [0.05, 0.1) is 19.2 Å². The van der Waals surface area contributed by atoms with Gasteiger partial charge in [-0.2, -0.15) is 0 Å². The van der Waals surface area contributed by atoms with Gasteiger partial charge in [-0.25, -0.2) is 10.3 Å². The summed E-state index contributed by atoms with van der Waals surface area (Å²) in [6.45, 7) is 0. The summed E-state index contributed by atoms with van der Waals surface area (Å²) in [6.07, 6.45) is 2.93. The van der Waals surface area contributed by atoms with Crippen LogP contribution < -0.4 is 20.5 Å². The van der Waals surface area contributed by atoms with Crippen molar-refractivity contribution in [1.29, 1.82) is 0 Å². The Morgan fingerprint density at radius 1 is 1.24 bits per heavy atom. The normalized spacial score (nSPS) is 16.8. The lowest BCUT2D eigenvalue weighted by atomic mass is 10.2. The lowest BCUT2D eigenvalue weighted by molar-refractivity contribution is -0.121. The van der Waals surface area contributed by atoms with Gasteiger partial charge in [0.2, 0.25) is 5.91 Å². The molecule has 2 heterocycles. The molecule has 128 valence electrons. The zero-order valence-corrected chi connectivity index (χ0v) is 13.4. The topological polar surface area (TPSA) is 101 Å². The number of amides is 3. The van der Waals surface area contributed by atoms with E-state index >= 15 is 0 Å². The molecule has 1 aliphatic heterocycles. The summed E-state index contributed by atoms with van der Waals surface area (Å²) in [5, 5.41) is 0. The summed E-state index contributed by atoms with van der Waals surface area (Å²) in [6, 6.07) is 8.93. The second-order valence-corrected chi connectivity index (χ2v) is 5.36. The number of pyridine rings is 1. The highest BCUT2D eigenvalue weighted by Crippen LogP contribution is 2.26. The van der Waals surface area contributed by atoms with Crippen molar-refractivity contribution in [3.05, 3.63) is 54.4 Å². The van der Waals surface area contributed by atoms with Crippen LogP contribution in [-0.2, 0) is 9.59 Å². The van der Waals surface area contributed by atoms with Crippen molar-refractivity contribution >= 4 is 23.4 Å². The standard InChI is InChI=1S/C17H16N4O4/c1-25-13-4-2-3-12(9-13)21-15(22)10-14(17(21)24)19-20-16(23)11-5-7-18-8-6-11/h2-9,14,19H,10H2,1H3,(H,20,23). The molecule has 25 heavy (non-hydrogen) atoms. The summed E-state index contributed by atoms with van der Waals surface area (Å²) >= 11 is 0. The van der Waals surface area contributed by atoms with Crippen molar-refractivity contribution in [2.75, 3.05) is 12.0 Å². The number of imide groups is 1. The molecule has 0 spiro atoms. The first-order valence-electron chi connectivity index (χ1n) is 7.57. The minimum absolute atomic E-state index is 0.0489. The van der Waals surface area contributed by atoms with E-state index in [2.05, 4.69) is 15.8 Å². The van der Waals surface area contributed by atoms with Crippen LogP contribution in [0.5, 0.6) is 5.75 Å². The van der Waals surface area contributed by atoms with Crippen LogP contribution in [0.2, 0.25) is 0 Å². The van der Waals surface area contributed by atoms with Crippen LogP contribution in [0, 0.1) is 0 Å². The van der Waals surface area contributed by atoms with E-state index in [9.17, 15) is 14.4 Å². The molecule has 2 aromatic rings. The first kappa shape index (κ1) is 16.6. The molecule has 1 aliphatic rings. The van der Waals surface area contributed by atoms with Crippen LogP contribution in [0.4, 0.5) is 5.69 Å². The molecule has 0 radical (unpaired) electrons. The van der Waals surface area contributed by atoms with Crippen molar-refractivity contribution in [3.63, 3.8) is 0 Å². The Hall–Kier alpha value is -3.26. The first-order valence-corrected chi connectivity index (χ1v) is 7.57. The minimum atomic E-state index is -0.829. The van der Waals surface area contributed by atoms with Crippen molar-refractivity contribution in [2.24, 2.45) is 0 Å². The fourth-order valence-corrected chi connectivity index (χ4v) is 2.49. The van der Waals surface area contributed by atoms with Crippen LogP contribution in [0.15, 0.2) is 48.8 Å². The van der Waals surface area contributed by atoms with Crippen LogP contribution in [0.3, 0.4) is 0 Å². The third-order valence-corrected chi connectivity index (χ3v) is 3.76. The van der Waals surface area contributed by atoms with Crippen LogP contribution in [-0.4, -0.2) is 35.9 Å². The number of hydrogen-bond donors (Lipinski definition) is 2. The molecule has 3 amide bonds. The van der Waals surface area contributed by atoms with Crippen molar-refractivity contribution in [2.45, 2.75) is 12.5 Å². The van der Waals surface area contributed by atoms with Crippen molar-refractivity contribution in [3.8, 4) is 5.75 Å². The first-order chi connectivity index (χ1) is 12.1. The third-order valence-electron chi connectivity index (χ3n) is 3.76. The maximum atomic E-state index is 12.5. The number of anilines is 1. The Morgan fingerprint density at radius 2 is 2.00 bits per heavy atom. The van der Waals surface area contributed by atoms with Crippen LogP contribution in [0.25, 0.3) is 0 Å². The van der Waals surface area contributed by atoms with E-state index < -0.39 is 17.9 Å². The molecular weight excluding hydrogens is 324 g/mol. The van der Waals surface area contributed by atoms with Crippen molar-refractivity contribution in [1.82, 2.24) is 15.8 Å². The van der Waals surface area contributed by atoms with Crippen LogP contribution >= 0.6 is 0 Å². The van der Waals surface area contributed by atoms with Gasteiger partial charge in [0.25, 0.3) is 11.8 Å². The van der Waals surface area contributed by atoms with E-state index in [0.717, 1.165) is 4.90 Å². The van der Waals surface area contributed by atoms with Gasteiger partial charge < -0.3 is 4.74 Å². The smallest absolute Gasteiger partial charge is 0.265 e. The SMILES string of the molecule is COc1cccc(N2C(=O)CC(NNC(=O)c3ccncc3)C2=O)c1. The summed E-state index contributed by atoms with van der Waals surface area (Å²) in [7, 11) is 1.51. The number of aromatic nitrogens is 1. The van der Waals surface area contributed by atoms with Gasteiger partial charge in [0.15, 0.2) is 0 Å². The van der Waals surface area contributed by atoms with Gasteiger partial charge in [-0.1, -0.05) is 6.07 Å². The fraction of sp³-hybridized carbons (Fsp3) is 0.176. The van der Waals surface area contributed by atoms with Gasteiger partial charge in [0.1, 0.15) is 11.8 Å². The second-order valence-electron chi connectivity index (χ2n) is 5.36. The molecule has 2 N–H and O–H groups in total. The quantitative estimate of drug-likeness (QED) is 0.612. The monoisotopic (exact) mass is 340 g/mol. The average molecular weight is 340 g/mol. The zero-order chi connectivity index (χ0) is 17.8. The molecule has 1 atom stereocenters. The summed E-state index contributed by atoms with van der Waals surface area (Å²) in [4.78, 5) is 41.6. The van der Waals surface area contributed by atoms with E-state index in [-0.39, 0.29) is 12.3 Å². The van der Waals surface area contributed by atoms with Crippen LogP contribution in [0.1, 0.15) is 16.8 Å². The maximum absolute atomic E-state index is 12.5. The lowest BCUT2D eigenvalue weighted by Crippen LogP contribution is -2.48. The Kier molecular flexibility index (Phi) is 4.71. The van der Waals surface area contributed by atoms with E-state index in [1.54, 1.807) is 36.4 Å². The highest BCUT2D eigenvalue weighted by atomic mass is 16.5. The number of nitrogens with zero attached hydrogens (tertiary/aromatic N) is 2. The second kappa shape index (κ2) is 7.10. The molecule has 8 nitrogen and oxygen atoms in total. The number of carbonyl (C=O) groups excluding carboxylic acids is 3. The summed E-state index contributed by atoms with van der Waals surface area (Å²) in [5.74, 6) is -0.662. The number of hydrazine groups is 1. The Bertz CT molecular complexity index is 809. The molecule has 1 aromatic heterocycles. The molecular formula is C17H16N4O4. The zero-order valence-electron chi connectivity index (χ0n) is 13.4.